The molecule has 3 aromatic rings. The molecule has 4 nitrogen and oxygen atoms in total. The van der Waals surface area contributed by atoms with Crippen molar-refractivity contribution in [3.63, 3.8) is 0 Å². The summed E-state index contributed by atoms with van der Waals surface area (Å²) in [6.45, 7) is 0. The van der Waals surface area contributed by atoms with E-state index in [1.54, 1.807) is 12.1 Å². The Morgan fingerprint density at radius 3 is 2.70 bits per heavy atom. The third kappa shape index (κ3) is 2.35. The second-order valence-corrected chi connectivity index (χ2v) is 4.63. The largest absolute Gasteiger partial charge is 0.368 e. The van der Waals surface area contributed by atoms with E-state index in [2.05, 4.69) is 15.3 Å². The summed E-state index contributed by atoms with van der Waals surface area (Å²) in [5.74, 6) is 0.119. The number of halogens is 2. The number of nitrogens with one attached hydrogen (secondary N) is 1. The van der Waals surface area contributed by atoms with Crippen molar-refractivity contribution in [1.82, 2.24) is 9.97 Å². The summed E-state index contributed by atoms with van der Waals surface area (Å²) in [6.07, 6.45) is 0. The Morgan fingerprint density at radius 2 is 1.90 bits per heavy atom. The SMILES string of the molecule is Nc1nc(Nc2ccc(Cl)cc2F)c2ccccc2n1. The molecule has 3 N–H and O–H groups in total. The zero-order chi connectivity index (χ0) is 14.1. The quantitative estimate of drug-likeness (QED) is 0.754. The van der Waals surface area contributed by atoms with Crippen molar-refractivity contribution in [3.05, 3.63) is 53.3 Å². The van der Waals surface area contributed by atoms with Gasteiger partial charge in [-0.15, -0.1) is 0 Å². The highest BCUT2D eigenvalue weighted by Crippen LogP contribution is 2.27. The van der Waals surface area contributed by atoms with Gasteiger partial charge in [0.25, 0.3) is 0 Å². The highest BCUT2D eigenvalue weighted by molar-refractivity contribution is 6.30. The Hall–Kier alpha value is -2.40. The van der Waals surface area contributed by atoms with Crippen LogP contribution in [0.2, 0.25) is 5.02 Å². The number of fused-ring (bicyclic) bond motifs is 1. The van der Waals surface area contributed by atoms with Crippen LogP contribution in [0.4, 0.5) is 21.8 Å². The minimum atomic E-state index is -0.459. The fraction of sp³-hybridized carbons (Fsp3) is 0. The van der Waals surface area contributed by atoms with Crippen LogP contribution in [0, 0.1) is 5.82 Å². The zero-order valence-electron chi connectivity index (χ0n) is 10.3. The molecule has 20 heavy (non-hydrogen) atoms. The first-order valence-electron chi connectivity index (χ1n) is 5.88. The second-order valence-electron chi connectivity index (χ2n) is 4.20. The van der Waals surface area contributed by atoms with Gasteiger partial charge in [0.2, 0.25) is 5.95 Å². The molecular formula is C14H10ClFN4. The summed E-state index contributed by atoms with van der Waals surface area (Å²) >= 11 is 5.73. The lowest BCUT2D eigenvalue weighted by molar-refractivity contribution is 0.632. The number of nitrogens with two attached hydrogens (primary N) is 1. The molecule has 2 aromatic carbocycles. The van der Waals surface area contributed by atoms with Gasteiger partial charge in [-0.1, -0.05) is 23.7 Å². The number of hydrogen-bond acceptors (Lipinski definition) is 4. The van der Waals surface area contributed by atoms with E-state index >= 15 is 0 Å². The molecule has 0 saturated heterocycles. The molecular weight excluding hydrogens is 279 g/mol. The van der Waals surface area contributed by atoms with Crippen molar-refractivity contribution in [1.29, 1.82) is 0 Å². The van der Waals surface area contributed by atoms with E-state index in [1.807, 2.05) is 24.3 Å². The average Bonchev–Trinajstić information content (AvgIpc) is 2.41. The molecule has 0 bridgehead atoms. The van der Waals surface area contributed by atoms with E-state index in [0.29, 0.717) is 16.4 Å². The summed E-state index contributed by atoms with van der Waals surface area (Å²) in [5.41, 5.74) is 6.63. The molecule has 0 atom stereocenters. The van der Waals surface area contributed by atoms with Gasteiger partial charge in [-0.2, -0.15) is 4.98 Å². The molecule has 100 valence electrons. The fourth-order valence-electron chi connectivity index (χ4n) is 1.91. The maximum absolute atomic E-state index is 13.8. The lowest BCUT2D eigenvalue weighted by Crippen LogP contribution is -2.02. The summed E-state index contributed by atoms with van der Waals surface area (Å²) in [7, 11) is 0. The normalized spacial score (nSPS) is 10.7. The van der Waals surface area contributed by atoms with Gasteiger partial charge >= 0.3 is 0 Å². The van der Waals surface area contributed by atoms with E-state index in [9.17, 15) is 4.39 Å². The van der Waals surface area contributed by atoms with Gasteiger partial charge in [-0.25, -0.2) is 9.37 Å². The lowest BCUT2D eigenvalue weighted by Gasteiger charge is -2.10. The van der Waals surface area contributed by atoms with Gasteiger partial charge in [0.05, 0.1) is 11.2 Å². The molecule has 6 heteroatoms. The van der Waals surface area contributed by atoms with Crippen LogP contribution in [0.1, 0.15) is 0 Å². The fourth-order valence-corrected chi connectivity index (χ4v) is 2.07. The Morgan fingerprint density at radius 1 is 1.10 bits per heavy atom. The minimum absolute atomic E-state index is 0.126. The topological polar surface area (TPSA) is 63.8 Å². The van der Waals surface area contributed by atoms with Gasteiger partial charge in [0, 0.05) is 10.4 Å². The Bertz CT molecular complexity index is 791. The van der Waals surface area contributed by atoms with Crippen LogP contribution in [-0.2, 0) is 0 Å². The third-order valence-corrected chi connectivity index (χ3v) is 3.04. The van der Waals surface area contributed by atoms with Crippen molar-refractivity contribution in [2.24, 2.45) is 0 Å². The highest BCUT2D eigenvalue weighted by atomic mass is 35.5. The van der Waals surface area contributed by atoms with Crippen molar-refractivity contribution in [3.8, 4) is 0 Å². The van der Waals surface area contributed by atoms with Crippen LogP contribution in [-0.4, -0.2) is 9.97 Å². The first-order valence-corrected chi connectivity index (χ1v) is 6.25. The number of para-hydroxylation sites is 1. The number of aromatic nitrogens is 2. The van der Waals surface area contributed by atoms with Gasteiger partial charge in [-0.05, 0) is 30.3 Å². The van der Waals surface area contributed by atoms with Crippen molar-refractivity contribution in [2.75, 3.05) is 11.1 Å². The van der Waals surface area contributed by atoms with E-state index in [-0.39, 0.29) is 11.6 Å². The summed E-state index contributed by atoms with van der Waals surface area (Å²) < 4.78 is 13.8. The second kappa shape index (κ2) is 4.94. The van der Waals surface area contributed by atoms with E-state index < -0.39 is 5.82 Å². The monoisotopic (exact) mass is 288 g/mol. The average molecular weight is 289 g/mol. The maximum Gasteiger partial charge on any atom is 0.222 e. The smallest absolute Gasteiger partial charge is 0.222 e. The summed E-state index contributed by atoms with van der Waals surface area (Å²) in [4.78, 5) is 8.24. The Balaban J connectivity index is 2.10. The minimum Gasteiger partial charge on any atom is -0.368 e. The summed E-state index contributed by atoms with van der Waals surface area (Å²) in [5, 5.41) is 4.01. The number of nitrogen functional groups attached to an aromatic ring is 1. The number of hydrogen-bond donors (Lipinski definition) is 2. The molecule has 0 saturated carbocycles. The number of rotatable bonds is 2. The predicted molar refractivity (Wildman–Crippen MR) is 78.6 cm³/mol. The predicted octanol–water partition coefficient (Wildman–Crippen LogP) is 3.75. The molecule has 0 amide bonds. The van der Waals surface area contributed by atoms with E-state index in [1.165, 1.54) is 6.07 Å². The molecule has 1 heterocycles. The molecule has 3 rings (SSSR count). The van der Waals surface area contributed by atoms with Crippen LogP contribution in [0.15, 0.2) is 42.5 Å². The van der Waals surface area contributed by atoms with Crippen LogP contribution < -0.4 is 11.1 Å². The molecule has 0 aliphatic carbocycles. The van der Waals surface area contributed by atoms with Crippen LogP contribution in [0.5, 0.6) is 0 Å². The molecule has 0 aliphatic heterocycles. The van der Waals surface area contributed by atoms with Gasteiger partial charge < -0.3 is 11.1 Å². The molecule has 0 spiro atoms. The lowest BCUT2D eigenvalue weighted by atomic mass is 10.2. The third-order valence-electron chi connectivity index (χ3n) is 2.80. The van der Waals surface area contributed by atoms with E-state index in [4.69, 9.17) is 17.3 Å². The van der Waals surface area contributed by atoms with Crippen molar-refractivity contribution >= 4 is 40.0 Å². The van der Waals surface area contributed by atoms with Crippen molar-refractivity contribution in [2.45, 2.75) is 0 Å². The molecule has 0 unspecified atom stereocenters. The summed E-state index contributed by atoms with van der Waals surface area (Å²) in [6, 6.07) is 11.7. The molecule has 0 radical (unpaired) electrons. The molecule has 1 aromatic heterocycles. The maximum atomic E-state index is 13.8. The van der Waals surface area contributed by atoms with Gasteiger partial charge in [-0.3, -0.25) is 0 Å². The van der Waals surface area contributed by atoms with Gasteiger partial charge in [0.15, 0.2) is 0 Å². The van der Waals surface area contributed by atoms with Crippen molar-refractivity contribution < 1.29 is 4.39 Å². The van der Waals surface area contributed by atoms with Crippen LogP contribution >= 0.6 is 11.6 Å². The number of benzene rings is 2. The van der Waals surface area contributed by atoms with Gasteiger partial charge in [0.1, 0.15) is 11.6 Å². The standard InChI is InChI=1S/C14H10ClFN4/c15-8-5-6-12(10(16)7-8)18-13-9-3-1-2-4-11(9)19-14(17)20-13/h1-7H,(H3,17,18,19,20). The molecule has 0 fully saturated rings. The first kappa shape index (κ1) is 12.6. The van der Waals surface area contributed by atoms with Crippen LogP contribution in [0.25, 0.3) is 10.9 Å². The number of anilines is 3. The zero-order valence-corrected chi connectivity index (χ0v) is 11.0. The Labute approximate surface area is 119 Å². The number of nitrogens with zero attached hydrogens (tertiary/aromatic N) is 2. The first-order chi connectivity index (χ1) is 9.63. The van der Waals surface area contributed by atoms with E-state index in [0.717, 1.165) is 5.39 Å². The molecule has 0 aliphatic rings. The Kier molecular flexibility index (Phi) is 3.12. The van der Waals surface area contributed by atoms with Crippen LogP contribution in [0.3, 0.4) is 0 Å². The highest BCUT2D eigenvalue weighted by Gasteiger charge is 2.09.